The van der Waals surface area contributed by atoms with Crippen LogP contribution in [0.3, 0.4) is 0 Å². The Bertz CT molecular complexity index is 1420. The van der Waals surface area contributed by atoms with Crippen LogP contribution in [0.15, 0.2) is 47.1 Å². The number of hydrogen-bond donors (Lipinski definition) is 4. The molecule has 1 saturated heterocycles. The first kappa shape index (κ1) is 28.5. The van der Waals surface area contributed by atoms with Crippen LogP contribution in [-0.2, 0) is 16.8 Å². The lowest BCUT2D eigenvalue weighted by Crippen LogP contribution is -2.43. The molecule has 1 fully saturated rings. The summed E-state index contributed by atoms with van der Waals surface area (Å²) in [5, 5.41) is 20.1. The maximum atomic E-state index is 12.5. The number of anilines is 4. The minimum absolute atomic E-state index is 0.0148. The van der Waals surface area contributed by atoms with E-state index in [0.717, 1.165) is 58.5 Å². The van der Waals surface area contributed by atoms with Gasteiger partial charge in [-0.1, -0.05) is 24.3 Å². The molecule has 3 heterocycles. The van der Waals surface area contributed by atoms with Crippen molar-refractivity contribution in [2.24, 2.45) is 0 Å². The van der Waals surface area contributed by atoms with E-state index in [1.807, 2.05) is 45.9 Å². The van der Waals surface area contributed by atoms with Crippen molar-refractivity contribution < 1.29 is 9.90 Å². The number of aliphatic hydroxyl groups is 1. The van der Waals surface area contributed by atoms with Crippen molar-refractivity contribution in [1.29, 1.82) is 0 Å². The molecule has 8 nitrogen and oxygen atoms in total. The third-order valence-corrected chi connectivity index (χ3v) is 8.45. The second-order valence-electron chi connectivity index (χ2n) is 12.2. The van der Waals surface area contributed by atoms with Crippen molar-refractivity contribution in [3.63, 3.8) is 0 Å². The average Bonchev–Trinajstić information content (AvgIpc) is 3.13. The molecule has 0 bridgehead atoms. The number of aryl methyl sites for hydroxylation is 1. The molecule has 212 valence electrons. The fourth-order valence-corrected chi connectivity index (χ4v) is 6.26. The summed E-state index contributed by atoms with van der Waals surface area (Å²) in [5.41, 5.74) is 5.11. The molecule has 1 aromatic heterocycles. The molecule has 0 aliphatic carbocycles. The van der Waals surface area contributed by atoms with Crippen molar-refractivity contribution in [2.75, 3.05) is 35.6 Å². The standard InChI is InChI=1S/C31H39BrN6O2/c1-19-14-20(22-9-7-13-38(17-22)18-30(2,3)40)11-12-24(19)36-29-34-16-23(32)27(37-29)33-15-21-8-6-10-25-26(21)31(4,5)28(39)35-25/h6,8,10-12,14,16,22,40H,7,9,13,15,17-18H2,1-5H3,(H,35,39)(H2,33,34,36,37). The summed E-state index contributed by atoms with van der Waals surface area (Å²) in [5.74, 6) is 1.65. The molecule has 0 saturated carbocycles. The van der Waals surface area contributed by atoms with Gasteiger partial charge in [-0.05, 0) is 110 Å². The van der Waals surface area contributed by atoms with Crippen LogP contribution in [0.2, 0.25) is 0 Å². The Kier molecular flexibility index (Phi) is 7.92. The van der Waals surface area contributed by atoms with E-state index in [2.05, 4.69) is 66.9 Å². The van der Waals surface area contributed by atoms with Crippen molar-refractivity contribution in [2.45, 2.75) is 70.9 Å². The smallest absolute Gasteiger partial charge is 0.234 e. The highest BCUT2D eigenvalue weighted by atomic mass is 79.9. The lowest BCUT2D eigenvalue weighted by atomic mass is 9.83. The monoisotopic (exact) mass is 606 g/mol. The van der Waals surface area contributed by atoms with Crippen LogP contribution in [-0.4, -0.2) is 51.1 Å². The first-order chi connectivity index (χ1) is 18.9. The number of rotatable bonds is 8. The third-order valence-electron chi connectivity index (χ3n) is 7.87. The topological polar surface area (TPSA) is 102 Å². The van der Waals surface area contributed by atoms with E-state index in [9.17, 15) is 9.90 Å². The molecule has 3 aromatic rings. The second kappa shape index (κ2) is 11.1. The number of piperidine rings is 1. The Morgan fingerprint density at radius 3 is 2.80 bits per heavy atom. The van der Waals surface area contributed by atoms with Gasteiger partial charge in [0.2, 0.25) is 11.9 Å². The van der Waals surface area contributed by atoms with E-state index in [4.69, 9.17) is 4.98 Å². The van der Waals surface area contributed by atoms with Gasteiger partial charge in [0.25, 0.3) is 0 Å². The van der Waals surface area contributed by atoms with Gasteiger partial charge in [0.05, 0.1) is 15.5 Å². The number of nitrogens with one attached hydrogen (secondary N) is 3. The average molecular weight is 608 g/mol. The summed E-state index contributed by atoms with van der Waals surface area (Å²) in [6.07, 6.45) is 4.04. The number of carbonyl (C=O) groups excluding carboxylic acids is 1. The Hall–Kier alpha value is -3.01. The quantitative estimate of drug-likeness (QED) is 0.246. The molecule has 0 spiro atoms. The van der Waals surface area contributed by atoms with Gasteiger partial charge in [0.1, 0.15) is 5.82 Å². The van der Waals surface area contributed by atoms with E-state index in [1.54, 1.807) is 6.20 Å². The number of aromatic nitrogens is 2. The van der Waals surface area contributed by atoms with Crippen LogP contribution >= 0.6 is 15.9 Å². The van der Waals surface area contributed by atoms with Crippen molar-refractivity contribution >= 4 is 45.0 Å². The largest absolute Gasteiger partial charge is 0.389 e. The Morgan fingerprint density at radius 1 is 1.25 bits per heavy atom. The molecule has 2 aromatic carbocycles. The summed E-state index contributed by atoms with van der Waals surface area (Å²) in [6.45, 7) is 13.0. The van der Waals surface area contributed by atoms with E-state index in [0.29, 0.717) is 30.8 Å². The zero-order chi connectivity index (χ0) is 28.7. The number of likely N-dealkylation sites (tertiary alicyclic amines) is 1. The van der Waals surface area contributed by atoms with Crippen molar-refractivity contribution in [3.8, 4) is 0 Å². The Labute approximate surface area is 245 Å². The number of benzene rings is 2. The number of nitrogens with zero attached hydrogens (tertiary/aromatic N) is 3. The van der Waals surface area contributed by atoms with Crippen LogP contribution in [0.1, 0.15) is 68.7 Å². The molecule has 0 radical (unpaired) electrons. The highest BCUT2D eigenvalue weighted by molar-refractivity contribution is 9.10. The van der Waals surface area contributed by atoms with Crippen molar-refractivity contribution in [1.82, 2.24) is 14.9 Å². The Balaban J connectivity index is 1.28. The molecule has 4 N–H and O–H groups in total. The molecule has 1 amide bonds. The molecule has 1 atom stereocenters. The number of fused-ring (bicyclic) bond motifs is 1. The van der Waals surface area contributed by atoms with Gasteiger partial charge in [0.15, 0.2) is 0 Å². The SMILES string of the molecule is Cc1cc(C2CCCN(CC(C)(C)O)C2)ccc1Nc1ncc(Br)c(NCc2cccc3c2C(C)(C)C(=O)N3)n1. The van der Waals surface area contributed by atoms with Gasteiger partial charge in [-0.2, -0.15) is 4.98 Å². The number of amides is 1. The van der Waals surface area contributed by atoms with Gasteiger partial charge < -0.3 is 21.1 Å². The zero-order valence-electron chi connectivity index (χ0n) is 23.9. The number of halogens is 1. The minimum Gasteiger partial charge on any atom is -0.389 e. The fraction of sp³-hybridized carbons (Fsp3) is 0.452. The predicted octanol–water partition coefficient (Wildman–Crippen LogP) is 6.08. The van der Waals surface area contributed by atoms with Crippen LogP contribution < -0.4 is 16.0 Å². The van der Waals surface area contributed by atoms with E-state index in [1.165, 1.54) is 5.56 Å². The molecule has 1 unspecified atom stereocenters. The molecular weight excluding hydrogens is 568 g/mol. The predicted molar refractivity (Wildman–Crippen MR) is 164 cm³/mol. The Morgan fingerprint density at radius 2 is 2.05 bits per heavy atom. The first-order valence-electron chi connectivity index (χ1n) is 13.9. The highest BCUT2D eigenvalue weighted by Gasteiger charge is 2.39. The maximum absolute atomic E-state index is 12.5. The second-order valence-corrected chi connectivity index (χ2v) is 13.1. The molecule has 9 heteroatoms. The van der Waals surface area contributed by atoms with Gasteiger partial charge in [-0.15, -0.1) is 0 Å². The van der Waals surface area contributed by atoms with E-state index < -0.39 is 11.0 Å². The van der Waals surface area contributed by atoms with Crippen LogP contribution in [0.5, 0.6) is 0 Å². The lowest BCUT2D eigenvalue weighted by Gasteiger charge is -2.36. The lowest BCUT2D eigenvalue weighted by molar-refractivity contribution is -0.119. The summed E-state index contributed by atoms with van der Waals surface area (Å²) >= 11 is 3.57. The normalized spacial score (nSPS) is 18.8. The van der Waals surface area contributed by atoms with Gasteiger partial charge in [-0.25, -0.2) is 4.98 Å². The fourth-order valence-electron chi connectivity index (χ4n) is 5.93. The van der Waals surface area contributed by atoms with Crippen LogP contribution in [0.25, 0.3) is 0 Å². The number of carbonyl (C=O) groups is 1. The molecule has 2 aliphatic heterocycles. The van der Waals surface area contributed by atoms with Crippen LogP contribution in [0.4, 0.5) is 23.1 Å². The summed E-state index contributed by atoms with van der Waals surface area (Å²) < 4.78 is 0.763. The first-order valence-corrected chi connectivity index (χ1v) is 14.7. The molecule has 2 aliphatic rings. The van der Waals surface area contributed by atoms with Gasteiger partial charge in [0, 0.05) is 37.2 Å². The highest BCUT2D eigenvalue weighted by Crippen LogP contribution is 2.40. The molecule has 40 heavy (non-hydrogen) atoms. The summed E-state index contributed by atoms with van der Waals surface area (Å²) in [6, 6.07) is 12.5. The van der Waals surface area contributed by atoms with Crippen LogP contribution in [0, 0.1) is 6.92 Å². The number of β-amino-alcohol motifs (C(OH)–C–C–N with tert-alkyl or cyclic N) is 1. The zero-order valence-corrected chi connectivity index (χ0v) is 25.5. The van der Waals surface area contributed by atoms with Gasteiger partial charge in [-0.3, -0.25) is 9.69 Å². The molecule has 5 rings (SSSR count). The molecular formula is C31H39BrN6O2. The maximum Gasteiger partial charge on any atom is 0.234 e. The van der Waals surface area contributed by atoms with E-state index >= 15 is 0 Å². The third kappa shape index (κ3) is 6.16. The number of hydrogen-bond acceptors (Lipinski definition) is 7. The van der Waals surface area contributed by atoms with Crippen molar-refractivity contribution in [3.05, 3.63) is 69.3 Å². The summed E-state index contributed by atoms with van der Waals surface area (Å²) in [4.78, 5) is 24.1. The summed E-state index contributed by atoms with van der Waals surface area (Å²) in [7, 11) is 0. The van der Waals surface area contributed by atoms with Gasteiger partial charge >= 0.3 is 0 Å². The van der Waals surface area contributed by atoms with E-state index in [-0.39, 0.29) is 5.91 Å². The minimum atomic E-state index is -0.683.